The molecule has 0 aliphatic carbocycles. The molecule has 3 aromatic heterocycles. The molecule has 5 nitrogen and oxygen atoms in total. The molecule has 0 aliphatic rings. The molecule has 0 aliphatic heterocycles. The molecule has 0 saturated carbocycles. The summed E-state index contributed by atoms with van der Waals surface area (Å²) in [5, 5.41) is 16.6. The minimum absolute atomic E-state index is 0.812. The number of hydrogen-bond donors (Lipinski definition) is 1. The van der Waals surface area contributed by atoms with Crippen LogP contribution in [0.5, 0.6) is 0 Å². The van der Waals surface area contributed by atoms with Crippen molar-refractivity contribution >= 4 is 27.8 Å². The van der Waals surface area contributed by atoms with Gasteiger partial charge in [-0.1, -0.05) is 41.7 Å². The van der Waals surface area contributed by atoms with Crippen LogP contribution in [0.4, 0.5) is 5.13 Å². The van der Waals surface area contributed by atoms with E-state index in [-0.39, 0.29) is 0 Å². The van der Waals surface area contributed by atoms with Crippen molar-refractivity contribution < 1.29 is 0 Å². The molecule has 1 N–H and O–H groups in total. The average Bonchev–Trinajstić information content (AvgIpc) is 3.32. The first-order valence-corrected chi connectivity index (χ1v) is 9.98. The van der Waals surface area contributed by atoms with Crippen molar-refractivity contribution in [2.24, 2.45) is 0 Å². The summed E-state index contributed by atoms with van der Waals surface area (Å²) < 4.78 is 0. The Labute approximate surface area is 159 Å². The van der Waals surface area contributed by atoms with Crippen LogP contribution in [0.3, 0.4) is 0 Å². The predicted molar refractivity (Wildman–Crippen MR) is 108 cm³/mol. The molecule has 3 heterocycles. The molecule has 0 unspecified atom stereocenters. The Morgan fingerprint density at radius 2 is 1.88 bits per heavy atom. The molecular weight excluding hydrogens is 362 g/mol. The van der Waals surface area contributed by atoms with Gasteiger partial charge in [-0.3, -0.25) is 4.98 Å². The molecule has 0 bridgehead atoms. The quantitative estimate of drug-likeness (QED) is 0.527. The van der Waals surface area contributed by atoms with E-state index in [9.17, 15) is 0 Å². The number of rotatable bonds is 6. The summed E-state index contributed by atoms with van der Waals surface area (Å²) >= 11 is 3.20. The van der Waals surface area contributed by atoms with Gasteiger partial charge in [-0.05, 0) is 31.0 Å². The lowest BCUT2D eigenvalue weighted by Gasteiger charge is -2.04. The van der Waals surface area contributed by atoms with E-state index in [0.717, 1.165) is 45.1 Å². The molecule has 130 valence electrons. The monoisotopic (exact) mass is 379 g/mol. The Balaban J connectivity index is 1.33. The number of aryl methyl sites for hydroxylation is 1. The number of pyridine rings is 1. The fourth-order valence-corrected chi connectivity index (χ4v) is 3.91. The zero-order valence-corrected chi connectivity index (χ0v) is 15.8. The summed E-state index contributed by atoms with van der Waals surface area (Å²) in [4.78, 5) is 8.83. The minimum atomic E-state index is 0.812. The largest absolute Gasteiger partial charge is 0.360 e. The van der Waals surface area contributed by atoms with E-state index in [1.165, 1.54) is 16.9 Å². The highest BCUT2D eigenvalue weighted by Gasteiger charge is 2.07. The average molecular weight is 380 g/mol. The summed E-state index contributed by atoms with van der Waals surface area (Å²) in [5.41, 5.74) is 4.34. The summed E-state index contributed by atoms with van der Waals surface area (Å²) in [7, 11) is 0. The number of thiazole rings is 1. The van der Waals surface area contributed by atoms with Crippen LogP contribution in [-0.2, 0) is 6.42 Å². The highest BCUT2D eigenvalue weighted by atomic mass is 32.1. The maximum Gasteiger partial charge on any atom is 0.206 e. The summed E-state index contributed by atoms with van der Waals surface area (Å²) in [6.45, 7) is 2.84. The van der Waals surface area contributed by atoms with Gasteiger partial charge in [0, 0.05) is 23.7 Å². The Kier molecular flexibility index (Phi) is 4.99. The number of benzene rings is 1. The maximum atomic E-state index is 4.53. The number of hydrogen-bond acceptors (Lipinski definition) is 7. The first kappa shape index (κ1) is 16.8. The fraction of sp³-hybridized carbons (Fsp3) is 0.158. The van der Waals surface area contributed by atoms with Gasteiger partial charge < -0.3 is 5.32 Å². The van der Waals surface area contributed by atoms with E-state index in [0.29, 0.717) is 0 Å². The zero-order chi connectivity index (χ0) is 17.8. The third-order valence-corrected chi connectivity index (χ3v) is 5.54. The van der Waals surface area contributed by atoms with E-state index < -0.39 is 0 Å². The lowest BCUT2D eigenvalue weighted by atomic mass is 10.1. The van der Waals surface area contributed by atoms with E-state index >= 15 is 0 Å². The van der Waals surface area contributed by atoms with Crippen molar-refractivity contribution in [3.63, 3.8) is 0 Å². The molecule has 4 rings (SSSR count). The van der Waals surface area contributed by atoms with Crippen LogP contribution in [0.2, 0.25) is 0 Å². The lowest BCUT2D eigenvalue weighted by molar-refractivity contribution is 0.994. The third-order valence-electron chi connectivity index (χ3n) is 3.87. The maximum absolute atomic E-state index is 4.53. The highest BCUT2D eigenvalue weighted by molar-refractivity contribution is 7.18. The van der Waals surface area contributed by atoms with Gasteiger partial charge in [-0.25, -0.2) is 4.98 Å². The first-order valence-electron chi connectivity index (χ1n) is 8.28. The van der Waals surface area contributed by atoms with E-state index in [2.05, 4.69) is 55.1 Å². The van der Waals surface area contributed by atoms with Crippen LogP contribution in [-0.4, -0.2) is 26.7 Å². The van der Waals surface area contributed by atoms with Crippen LogP contribution in [0.15, 0.2) is 54.0 Å². The van der Waals surface area contributed by atoms with Gasteiger partial charge in [0.1, 0.15) is 5.69 Å². The topological polar surface area (TPSA) is 63.6 Å². The smallest absolute Gasteiger partial charge is 0.206 e. The number of nitrogens with zero attached hydrogens (tertiary/aromatic N) is 4. The van der Waals surface area contributed by atoms with Crippen LogP contribution in [0, 0.1) is 6.92 Å². The second-order valence-electron chi connectivity index (χ2n) is 5.75. The van der Waals surface area contributed by atoms with Crippen molar-refractivity contribution in [2.45, 2.75) is 13.3 Å². The van der Waals surface area contributed by atoms with Gasteiger partial charge in [0.25, 0.3) is 0 Å². The van der Waals surface area contributed by atoms with E-state index in [4.69, 9.17) is 0 Å². The SMILES string of the molecule is Cc1nc(-c2ccc(CCNc3nnc(-c4ccccn4)s3)cc2)cs1. The minimum Gasteiger partial charge on any atom is -0.360 e. The van der Waals surface area contributed by atoms with Crippen LogP contribution >= 0.6 is 22.7 Å². The van der Waals surface area contributed by atoms with Gasteiger partial charge in [0.05, 0.1) is 10.7 Å². The second-order valence-corrected chi connectivity index (χ2v) is 7.79. The van der Waals surface area contributed by atoms with Gasteiger partial charge in [-0.15, -0.1) is 21.5 Å². The molecule has 26 heavy (non-hydrogen) atoms. The fourth-order valence-electron chi connectivity index (χ4n) is 2.54. The Morgan fingerprint density at radius 3 is 2.62 bits per heavy atom. The molecular formula is C19H17N5S2. The number of aromatic nitrogens is 4. The number of anilines is 1. The molecule has 4 aromatic rings. The van der Waals surface area contributed by atoms with E-state index in [1.54, 1.807) is 17.5 Å². The molecule has 0 radical (unpaired) electrons. The Hall–Kier alpha value is -2.64. The van der Waals surface area contributed by atoms with Crippen LogP contribution in [0.25, 0.3) is 22.0 Å². The molecule has 7 heteroatoms. The first-order chi connectivity index (χ1) is 12.8. The lowest BCUT2D eigenvalue weighted by Crippen LogP contribution is -2.04. The molecule has 1 aromatic carbocycles. The van der Waals surface area contributed by atoms with Crippen molar-refractivity contribution in [1.29, 1.82) is 0 Å². The standard InChI is InChI=1S/C19H17N5S2/c1-13-22-17(12-25-13)15-7-5-14(6-8-15)9-11-21-19-24-23-18(26-19)16-4-2-3-10-20-16/h2-8,10,12H,9,11H2,1H3,(H,21,24). The third kappa shape index (κ3) is 3.95. The van der Waals surface area contributed by atoms with Crippen molar-refractivity contribution in [2.75, 3.05) is 11.9 Å². The highest BCUT2D eigenvalue weighted by Crippen LogP contribution is 2.24. The molecule has 0 fully saturated rings. The normalized spacial score (nSPS) is 10.8. The second kappa shape index (κ2) is 7.72. The zero-order valence-electron chi connectivity index (χ0n) is 14.2. The number of nitrogens with one attached hydrogen (secondary N) is 1. The Bertz CT molecular complexity index is 977. The van der Waals surface area contributed by atoms with Gasteiger partial charge in [0.2, 0.25) is 5.13 Å². The van der Waals surface area contributed by atoms with Crippen molar-refractivity contribution in [3.05, 3.63) is 64.6 Å². The van der Waals surface area contributed by atoms with E-state index in [1.807, 2.05) is 25.1 Å². The van der Waals surface area contributed by atoms with Crippen LogP contribution in [0.1, 0.15) is 10.6 Å². The van der Waals surface area contributed by atoms with Gasteiger partial charge in [0.15, 0.2) is 5.01 Å². The summed E-state index contributed by atoms with van der Waals surface area (Å²) in [5.74, 6) is 0. The molecule has 0 spiro atoms. The van der Waals surface area contributed by atoms with Gasteiger partial charge in [-0.2, -0.15) is 0 Å². The van der Waals surface area contributed by atoms with Crippen molar-refractivity contribution in [1.82, 2.24) is 20.2 Å². The molecule has 0 amide bonds. The van der Waals surface area contributed by atoms with Gasteiger partial charge >= 0.3 is 0 Å². The molecule has 0 atom stereocenters. The Morgan fingerprint density at radius 1 is 1.00 bits per heavy atom. The summed E-state index contributed by atoms with van der Waals surface area (Å²) in [6.07, 6.45) is 2.69. The van der Waals surface area contributed by atoms with Crippen molar-refractivity contribution in [3.8, 4) is 22.0 Å². The predicted octanol–water partition coefficient (Wildman–Crippen LogP) is 4.69. The summed E-state index contributed by atoms with van der Waals surface area (Å²) in [6, 6.07) is 14.4. The van der Waals surface area contributed by atoms with Crippen LogP contribution < -0.4 is 5.32 Å². The molecule has 0 saturated heterocycles.